The maximum atomic E-state index is 10.1. The normalized spacial score (nSPS) is 16.3. The first kappa shape index (κ1) is 9.39. The fourth-order valence-corrected chi connectivity index (χ4v) is 0.674. The molecule has 0 aliphatic carbocycles. The van der Waals surface area contributed by atoms with Gasteiger partial charge in [0.1, 0.15) is 0 Å². The van der Waals surface area contributed by atoms with E-state index in [1.807, 2.05) is 6.92 Å². The molecular weight excluding hydrogens is 134 g/mol. The predicted octanol–water partition coefficient (Wildman–Crippen LogP) is -0.441. The van der Waals surface area contributed by atoms with Crippen molar-refractivity contribution in [3.8, 4) is 0 Å². The van der Waals surface area contributed by atoms with Crippen molar-refractivity contribution in [3.05, 3.63) is 0 Å². The third kappa shape index (κ3) is 2.80. The quantitative estimate of drug-likeness (QED) is 0.503. The van der Waals surface area contributed by atoms with Crippen molar-refractivity contribution in [2.45, 2.75) is 31.9 Å². The first-order valence-electron chi connectivity index (χ1n) is 3.26. The Bertz CT molecular complexity index is 116. The second-order valence-corrected chi connectivity index (χ2v) is 2.24. The lowest BCUT2D eigenvalue weighted by atomic mass is 10.1. The van der Waals surface area contributed by atoms with Crippen LogP contribution in [0.5, 0.6) is 0 Å². The molecule has 0 spiro atoms. The zero-order chi connectivity index (χ0) is 8.15. The molecule has 0 aromatic heterocycles. The molecule has 0 aromatic rings. The molecule has 0 bridgehead atoms. The van der Waals surface area contributed by atoms with E-state index in [4.69, 9.17) is 15.9 Å². The smallest absolute Gasteiger partial charge is 0.334 e. The van der Waals surface area contributed by atoms with Crippen LogP contribution in [0.4, 0.5) is 0 Å². The fraction of sp³-hybridized carbons (Fsp3) is 0.833. The molecule has 2 atom stereocenters. The molecule has 0 amide bonds. The Morgan fingerprint density at radius 1 is 1.70 bits per heavy atom. The van der Waals surface area contributed by atoms with Gasteiger partial charge in [0.25, 0.3) is 0 Å². The summed E-state index contributed by atoms with van der Waals surface area (Å²) >= 11 is 0. The number of aliphatic carboxylic acids is 1. The standard InChI is InChI=1S/C6H13NO3/c1-2-3-4(7)5(8)6(9)10/h4-5,8H,2-3,7H2,1H3,(H,9,10)/t4-,5+/m1/s1. The van der Waals surface area contributed by atoms with Crippen molar-refractivity contribution in [2.75, 3.05) is 0 Å². The summed E-state index contributed by atoms with van der Waals surface area (Å²) in [6, 6.07) is -0.637. The zero-order valence-corrected chi connectivity index (χ0v) is 5.95. The van der Waals surface area contributed by atoms with Crippen molar-refractivity contribution in [1.29, 1.82) is 0 Å². The van der Waals surface area contributed by atoms with Gasteiger partial charge in [0.05, 0.1) is 0 Å². The summed E-state index contributed by atoms with van der Waals surface area (Å²) in [7, 11) is 0. The van der Waals surface area contributed by atoms with E-state index in [-0.39, 0.29) is 0 Å². The molecule has 10 heavy (non-hydrogen) atoms. The molecule has 0 saturated heterocycles. The van der Waals surface area contributed by atoms with Gasteiger partial charge in [-0.3, -0.25) is 0 Å². The second-order valence-electron chi connectivity index (χ2n) is 2.24. The number of carboxylic acids is 1. The fourth-order valence-electron chi connectivity index (χ4n) is 0.674. The number of aliphatic hydroxyl groups is 1. The highest BCUT2D eigenvalue weighted by molar-refractivity contribution is 5.72. The number of rotatable bonds is 4. The van der Waals surface area contributed by atoms with E-state index < -0.39 is 18.1 Å². The van der Waals surface area contributed by atoms with Crippen molar-refractivity contribution < 1.29 is 15.0 Å². The summed E-state index contributed by atoms with van der Waals surface area (Å²) in [5, 5.41) is 17.1. The highest BCUT2D eigenvalue weighted by Crippen LogP contribution is 1.98. The number of hydrogen-bond donors (Lipinski definition) is 3. The van der Waals surface area contributed by atoms with Crippen molar-refractivity contribution in [2.24, 2.45) is 5.73 Å². The van der Waals surface area contributed by atoms with Crippen LogP contribution in [-0.2, 0) is 4.79 Å². The van der Waals surface area contributed by atoms with Gasteiger partial charge in [0.2, 0.25) is 0 Å². The summed E-state index contributed by atoms with van der Waals surface area (Å²) in [5.74, 6) is -1.25. The van der Waals surface area contributed by atoms with Crippen LogP contribution in [0.15, 0.2) is 0 Å². The summed E-state index contributed by atoms with van der Waals surface area (Å²) < 4.78 is 0. The van der Waals surface area contributed by atoms with Gasteiger partial charge in [-0.2, -0.15) is 0 Å². The van der Waals surface area contributed by atoms with Gasteiger partial charge in [-0.25, -0.2) is 4.79 Å². The third-order valence-electron chi connectivity index (χ3n) is 1.28. The van der Waals surface area contributed by atoms with Crippen LogP contribution < -0.4 is 5.73 Å². The zero-order valence-electron chi connectivity index (χ0n) is 5.95. The van der Waals surface area contributed by atoms with Crippen LogP contribution in [0.1, 0.15) is 19.8 Å². The number of carbonyl (C=O) groups is 1. The molecule has 4 nitrogen and oxygen atoms in total. The Morgan fingerprint density at radius 2 is 2.20 bits per heavy atom. The molecule has 60 valence electrons. The van der Waals surface area contributed by atoms with Gasteiger partial charge in [-0.05, 0) is 6.42 Å². The van der Waals surface area contributed by atoms with Crippen LogP contribution in [0.3, 0.4) is 0 Å². The van der Waals surface area contributed by atoms with Crippen LogP contribution in [-0.4, -0.2) is 28.3 Å². The van der Waals surface area contributed by atoms with E-state index in [9.17, 15) is 4.79 Å². The Balaban J connectivity index is 3.69. The Labute approximate surface area is 59.7 Å². The monoisotopic (exact) mass is 147 g/mol. The van der Waals surface area contributed by atoms with E-state index in [0.717, 1.165) is 6.42 Å². The van der Waals surface area contributed by atoms with E-state index >= 15 is 0 Å². The van der Waals surface area contributed by atoms with Crippen LogP contribution in [0, 0.1) is 0 Å². The number of hydrogen-bond acceptors (Lipinski definition) is 3. The molecular formula is C6H13NO3. The Kier molecular flexibility index (Phi) is 3.99. The van der Waals surface area contributed by atoms with Gasteiger partial charge in [0, 0.05) is 6.04 Å². The minimum atomic E-state index is -1.42. The van der Waals surface area contributed by atoms with Crippen molar-refractivity contribution in [1.82, 2.24) is 0 Å². The summed E-state index contributed by atoms with van der Waals surface area (Å²) in [4.78, 5) is 10.1. The molecule has 4 N–H and O–H groups in total. The predicted molar refractivity (Wildman–Crippen MR) is 36.5 cm³/mol. The molecule has 0 unspecified atom stereocenters. The summed E-state index contributed by atoms with van der Waals surface area (Å²) in [6.45, 7) is 1.88. The molecule has 0 fully saturated rings. The Hall–Kier alpha value is -0.610. The van der Waals surface area contributed by atoms with E-state index in [1.165, 1.54) is 0 Å². The molecule has 0 aliphatic heterocycles. The average Bonchev–Trinajstić information content (AvgIpc) is 1.87. The first-order chi connectivity index (χ1) is 4.59. The van der Waals surface area contributed by atoms with E-state index in [2.05, 4.69) is 0 Å². The highest BCUT2D eigenvalue weighted by atomic mass is 16.4. The average molecular weight is 147 g/mol. The molecule has 0 aromatic carbocycles. The molecule has 0 aliphatic rings. The third-order valence-corrected chi connectivity index (χ3v) is 1.28. The van der Waals surface area contributed by atoms with Crippen molar-refractivity contribution in [3.63, 3.8) is 0 Å². The molecule has 0 rings (SSSR count). The van der Waals surface area contributed by atoms with Crippen LogP contribution in [0.2, 0.25) is 0 Å². The maximum Gasteiger partial charge on any atom is 0.334 e. The number of carboxylic acid groups (broad SMARTS) is 1. The summed E-state index contributed by atoms with van der Waals surface area (Å²) in [6.07, 6.45) is -0.0983. The van der Waals surface area contributed by atoms with Crippen molar-refractivity contribution >= 4 is 5.97 Å². The highest BCUT2D eigenvalue weighted by Gasteiger charge is 2.20. The molecule has 0 heterocycles. The van der Waals surface area contributed by atoms with Gasteiger partial charge in [-0.15, -0.1) is 0 Å². The maximum absolute atomic E-state index is 10.1. The lowest BCUT2D eigenvalue weighted by Crippen LogP contribution is -2.40. The molecule has 4 heteroatoms. The SMILES string of the molecule is CCC[C@@H](N)[C@H](O)C(=O)O. The number of aliphatic hydroxyl groups excluding tert-OH is 1. The minimum absolute atomic E-state index is 0.535. The van der Waals surface area contributed by atoms with E-state index in [1.54, 1.807) is 0 Å². The van der Waals surface area contributed by atoms with Gasteiger partial charge in [0.15, 0.2) is 6.10 Å². The largest absolute Gasteiger partial charge is 0.479 e. The lowest BCUT2D eigenvalue weighted by molar-refractivity contribution is -0.147. The van der Waals surface area contributed by atoms with E-state index in [0.29, 0.717) is 6.42 Å². The summed E-state index contributed by atoms with van der Waals surface area (Å²) in [5.41, 5.74) is 5.30. The lowest BCUT2D eigenvalue weighted by Gasteiger charge is -2.12. The second kappa shape index (κ2) is 4.24. The minimum Gasteiger partial charge on any atom is -0.479 e. The molecule has 0 radical (unpaired) electrons. The Morgan fingerprint density at radius 3 is 2.50 bits per heavy atom. The van der Waals surface area contributed by atoms with Gasteiger partial charge >= 0.3 is 5.97 Å². The molecule has 0 saturated carbocycles. The number of nitrogens with two attached hydrogens (primary N) is 1. The van der Waals surface area contributed by atoms with Gasteiger partial charge in [-0.1, -0.05) is 13.3 Å². The topological polar surface area (TPSA) is 83.5 Å². The van der Waals surface area contributed by atoms with Crippen LogP contribution in [0.25, 0.3) is 0 Å². The van der Waals surface area contributed by atoms with Gasteiger partial charge < -0.3 is 15.9 Å². The first-order valence-corrected chi connectivity index (χ1v) is 3.26. The van der Waals surface area contributed by atoms with Crippen LogP contribution >= 0.6 is 0 Å².